The van der Waals surface area contributed by atoms with Gasteiger partial charge in [-0.3, -0.25) is 9.59 Å². The molecule has 0 saturated carbocycles. The SMILES string of the molecule is C#CCSc1nc(=O)c2c(n1C)NC(=O)CC2c1ccc(OCc2cccc(C)c2)cc1. The highest BCUT2D eigenvalue weighted by atomic mass is 32.2. The number of benzene rings is 2. The van der Waals surface area contributed by atoms with Gasteiger partial charge in [0.25, 0.3) is 5.56 Å². The molecule has 0 saturated heterocycles. The first-order valence-corrected chi connectivity index (χ1v) is 11.2. The Morgan fingerprint density at radius 2 is 2.03 bits per heavy atom. The Morgan fingerprint density at radius 1 is 1.25 bits per heavy atom. The molecule has 2 heterocycles. The van der Waals surface area contributed by atoms with Crippen molar-refractivity contribution in [2.75, 3.05) is 11.1 Å². The van der Waals surface area contributed by atoms with E-state index in [1.165, 1.54) is 17.3 Å². The fourth-order valence-corrected chi connectivity index (χ4v) is 4.47. The van der Waals surface area contributed by atoms with Crippen LogP contribution in [0.5, 0.6) is 5.75 Å². The van der Waals surface area contributed by atoms with Crippen molar-refractivity contribution in [1.82, 2.24) is 9.55 Å². The van der Waals surface area contributed by atoms with E-state index in [1.807, 2.05) is 49.4 Å². The summed E-state index contributed by atoms with van der Waals surface area (Å²) in [5.74, 6) is 3.60. The van der Waals surface area contributed by atoms with Gasteiger partial charge >= 0.3 is 0 Å². The minimum Gasteiger partial charge on any atom is -0.489 e. The van der Waals surface area contributed by atoms with Crippen LogP contribution in [0.3, 0.4) is 0 Å². The molecule has 0 fully saturated rings. The fraction of sp³-hybridized carbons (Fsp3) is 0.240. The van der Waals surface area contributed by atoms with Crippen LogP contribution in [0.1, 0.15) is 34.6 Å². The van der Waals surface area contributed by atoms with Crippen LogP contribution in [0.4, 0.5) is 5.82 Å². The smallest absolute Gasteiger partial charge is 0.279 e. The summed E-state index contributed by atoms with van der Waals surface area (Å²) in [6, 6.07) is 15.7. The molecule has 3 aromatic rings. The van der Waals surface area contributed by atoms with Gasteiger partial charge in [-0.1, -0.05) is 59.6 Å². The third-order valence-electron chi connectivity index (χ3n) is 5.36. The second kappa shape index (κ2) is 9.33. The minimum absolute atomic E-state index is 0.142. The van der Waals surface area contributed by atoms with Crippen molar-refractivity contribution in [2.45, 2.75) is 31.0 Å². The molecule has 1 N–H and O–H groups in total. The number of anilines is 1. The van der Waals surface area contributed by atoms with Crippen molar-refractivity contribution in [3.63, 3.8) is 0 Å². The molecule has 162 valence electrons. The first-order chi connectivity index (χ1) is 15.5. The maximum atomic E-state index is 12.9. The molecular weight excluding hydrogens is 422 g/mol. The van der Waals surface area contributed by atoms with Crippen LogP contribution in [0.2, 0.25) is 0 Å². The largest absolute Gasteiger partial charge is 0.489 e. The van der Waals surface area contributed by atoms with Crippen LogP contribution in [-0.2, 0) is 18.4 Å². The van der Waals surface area contributed by atoms with Crippen molar-refractivity contribution < 1.29 is 9.53 Å². The maximum Gasteiger partial charge on any atom is 0.279 e. The average Bonchev–Trinajstić information content (AvgIpc) is 2.79. The first kappa shape index (κ1) is 21.7. The van der Waals surface area contributed by atoms with Gasteiger partial charge in [0.1, 0.15) is 18.2 Å². The highest BCUT2D eigenvalue weighted by Gasteiger charge is 2.32. The Labute approximate surface area is 191 Å². The van der Waals surface area contributed by atoms with Crippen molar-refractivity contribution in [3.8, 4) is 18.1 Å². The Balaban J connectivity index is 1.59. The Bertz CT molecular complexity index is 1260. The van der Waals surface area contributed by atoms with Crippen molar-refractivity contribution >= 4 is 23.5 Å². The number of carbonyl (C=O) groups is 1. The second-order valence-corrected chi connectivity index (χ2v) is 8.61. The number of amides is 1. The summed E-state index contributed by atoms with van der Waals surface area (Å²) in [6.07, 6.45) is 5.51. The number of aryl methyl sites for hydroxylation is 1. The number of aromatic nitrogens is 2. The summed E-state index contributed by atoms with van der Waals surface area (Å²) in [5.41, 5.74) is 3.30. The van der Waals surface area contributed by atoms with Crippen LogP contribution in [-0.4, -0.2) is 21.2 Å². The second-order valence-electron chi connectivity index (χ2n) is 7.67. The van der Waals surface area contributed by atoms with Gasteiger partial charge in [0.2, 0.25) is 5.91 Å². The molecule has 4 rings (SSSR count). The molecule has 2 aromatic carbocycles. The van der Waals surface area contributed by atoms with Crippen molar-refractivity contribution in [3.05, 3.63) is 81.1 Å². The van der Waals surface area contributed by atoms with E-state index in [-0.39, 0.29) is 23.8 Å². The van der Waals surface area contributed by atoms with Gasteiger partial charge < -0.3 is 14.6 Å². The van der Waals surface area contributed by atoms with Gasteiger partial charge in [-0.05, 0) is 30.2 Å². The first-order valence-electron chi connectivity index (χ1n) is 10.2. The summed E-state index contributed by atoms with van der Waals surface area (Å²) in [6.45, 7) is 2.52. The predicted molar refractivity (Wildman–Crippen MR) is 126 cm³/mol. The lowest BCUT2D eigenvalue weighted by Crippen LogP contribution is -2.33. The number of ether oxygens (including phenoxy) is 1. The minimum atomic E-state index is -0.373. The van der Waals surface area contributed by atoms with Crippen LogP contribution in [0.25, 0.3) is 0 Å². The summed E-state index contributed by atoms with van der Waals surface area (Å²) < 4.78 is 7.62. The third-order valence-corrected chi connectivity index (χ3v) is 6.29. The Morgan fingerprint density at radius 3 is 2.75 bits per heavy atom. The van der Waals surface area contributed by atoms with E-state index in [0.29, 0.717) is 28.9 Å². The van der Waals surface area contributed by atoms with Crippen molar-refractivity contribution in [1.29, 1.82) is 0 Å². The molecule has 1 aliphatic heterocycles. The Hall–Kier alpha value is -3.50. The van der Waals surface area contributed by atoms with Gasteiger partial charge in [0.15, 0.2) is 5.16 Å². The number of hydrogen-bond donors (Lipinski definition) is 1. The lowest BCUT2D eigenvalue weighted by Gasteiger charge is -2.27. The summed E-state index contributed by atoms with van der Waals surface area (Å²) in [4.78, 5) is 29.5. The van der Waals surface area contributed by atoms with E-state index >= 15 is 0 Å². The summed E-state index contributed by atoms with van der Waals surface area (Å²) in [7, 11) is 1.77. The Kier molecular flexibility index (Phi) is 6.33. The fourth-order valence-electron chi connectivity index (χ4n) is 3.82. The molecule has 0 aliphatic carbocycles. The number of fused-ring (bicyclic) bond motifs is 1. The molecule has 7 heteroatoms. The summed E-state index contributed by atoms with van der Waals surface area (Å²) >= 11 is 1.29. The lowest BCUT2D eigenvalue weighted by atomic mass is 9.87. The zero-order valence-corrected chi connectivity index (χ0v) is 18.7. The number of hydrogen-bond acceptors (Lipinski definition) is 5. The van der Waals surface area contributed by atoms with E-state index in [2.05, 4.69) is 22.3 Å². The highest BCUT2D eigenvalue weighted by molar-refractivity contribution is 7.99. The number of rotatable bonds is 6. The quantitative estimate of drug-likeness (QED) is 0.354. The molecule has 1 amide bonds. The number of carbonyl (C=O) groups excluding carboxylic acids is 1. The molecule has 6 nitrogen and oxygen atoms in total. The van der Waals surface area contributed by atoms with Crippen molar-refractivity contribution in [2.24, 2.45) is 7.05 Å². The highest BCUT2D eigenvalue weighted by Crippen LogP contribution is 2.36. The normalized spacial score (nSPS) is 14.9. The van der Waals surface area contributed by atoms with Gasteiger partial charge in [0, 0.05) is 19.4 Å². The zero-order valence-electron chi connectivity index (χ0n) is 17.9. The van der Waals surface area contributed by atoms with E-state index < -0.39 is 0 Å². The van der Waals surface area contributed by atoms with E-state index in [1.54, 1.807) is 11.6 Å². The molecule has 0 spiro atoms. The molecule has 0 bridgehead atoms. The number of thioether (sulfide) groups is 1. The van der Waals surface area contributed by atoms with Crippen LogP contribution in [0.15, 0.2) is 58.5 Å². The molecular formula is C25H23N3O3S. The topological polar surface area (TPSA) is 73.2 Å². The number of terminal acetylenes is 1. The lowest BCUT2D eigenvalue weighted by molar-refractivity contribution is -0.116. The third kappa shape index (κ3) is 4.56. The molecule has 1 unspecified atom stereocenters. The molecule has 1 aromatic heterocycles. The summed E-state index contributed by atoms with van der Waals surface area (Å²) in [5, 5.41) is 3.31. The van der Waals surface area contributed by atoms with Gasteiger partial charge in [0.05, 0.1) is 11.3 Å². The molecule has 1 aliphatic rings. The number of nitrogens with zero attached hydrogens (tertiary/aromatic N) is 2. The monoisotopic (exact) mass is 445 g/mol. The molecule has 32 heavy (non-hydrogen) atoms. The van der Waals surface area contributed by atoms with Gasteiger partial charge in [-0.15, -0.1) is 6.42 Å². The van der Waals surface area contributed by atoms with Crippen LogP contribution < -0.4 is 15.6 Å². The maximum absolute atomic E-state index is 12.9. The average molecular weight is 446 g/mol. The predicted octanol–water partition coefficient (Wildman–Crippen LogP) is 3.87. The van der Waals surface area contributed by atoms with E-state index in [9.17, 15) is 9.59 Å². The number of nitrogens with one attached hydrogen (secondary N) is 1. The molecule has 1 atom stereocenters. The van der Waals surface area contributed by atoms with Crippen LogP contribution >= 0.6 is 11.8 Å². The standard InChI is InChI=1S/C25H23N3O3S/c1-4-12-32-25-27-24(30)22-20(14-21(29)26-23(22)28(25)3)18-8-10-19(11-9-18)31-15-17-7-5-6-16(2)13-17/h1,5-11,13,20H,12,14-15H2,2-3H3,(H,26,29). The van der Waals surface area contributed by atoms with Gasteiger partial charge in [-0.2, -0.15) is 4.98 Å². The van der Waals surface area contributed by atoms with E-state index in [0.717, 1.165) is 16.9 Å². The van der Waals surface area contributed by atoms with Gasteiger partial charge in [-0.25, -0.2) is 0 Å². The molecule has 0 radical (unpaired) electrons. The van der Waals surface area contributed by atoms with Crippen LogP contribution in [0, 0.1) is 19.3 Å². The van der Waals surface area contributed by atoms with E-state index in [4.69, 9.17) is 11.2 Å². The zero-order chi connectivity index (χ0) is 22.7.